The summed E-state index contributed by atoms with van der Waals surface area (Å²) in [6, 6.07) is 1.60. The second-order valence-electron chi connectivity index (χ2n) is 3.55. The van der Waals surface area contributed by atoms with Gasteiger partial charge in [-0.25, -0.2) is 4.68 Å². The molecule has 0 spiro atoms. The molecule has 1 aromatic rings. The SMILES string of the molecule is CCn1ncc(C2(N)CC2)cc1=O. The highest BCUT2D eigenvalue weighted by atomic mass is 16.1. The van der Waals surface area contributed by atoms with E-state index in [0.29, 0.717) is 6.54 Å². The Hall–Kier alpha value is -1.16. The monoisotopic (exact) mass is 179 g/mol. The van der Waals surface area contributed by atoms with Gasteiger partial charge in [0.1, 0.15) is 0 Å². The number of hydrogen-bond acceptors (Lipinski definition) is 3. The summed E-state index contributed by atoms with van der Waals surface area (Å²) in [6.45, 7) is 2.50. The zero-order valence-corrected chi connectivity index (χ0v) is 7.66. The minimum atomic E-state index is -0.251. The predicted molar refractivity (Wildman–Crippen MR) is 49.3 cm³/mol. The summed E-state index contributed by atoms with van der Waals surface area (Å²) in [4.78, 5) is 11.4. The smallest absolute Gasteiger partial charge is 0.267 e. The average Bonchev–Trinajstić information content (AvgIpc) is 2.85. The fourth-order valence-electron chi connectivity index (χ4n) is 1.37. The Balaban J connectivity index is 2.42. The first-order chi connectivity index (χ1) is 6.15. The summed E-state index contributed by atoms with van der Waals surface area (Å²) < 4.78 is 1.43. The molecule has 1 heterocycles. The molecule has 0 amide bonds. The van der Waals surface area contributed by atoms with Gasteiger partial charge in [0.25, 0.3) is 5.56 Å². The number of hydrogen-bond donors (Lipinski definition) is 1. The van der Waals surface area contributed by atoms with Crippen LogP contribution in [0.1, 0.15) is 25.3 Å². The fourth-order valence-corrected chi connectivity index (χ4v) is 1.37. The molecule has 1 aliphatic rings. The molecule has 4 nitrogen and oxygen atoms in total. The summed E-state index contributed by atoms with van der Waals surface area (Å²) >= 11 is 0. The molecule has 0 atom stereocenters. The molecule has 1 aromatic heterocycles. The van der Waals surface area contributed by atoms with Crippen LogP contribution < -0.4 is 11.3 Å². The van der Waals surface area contributed by atoms with Gasteiger partial charge in [-0.15, -0.1) is 0 Å². The van der Waals surface area contributed by atoms with Crippen LogP contribution in [0.25, 0.3) is 0 Å². The van der Waals surface area contributed by atoms with Gasteiger partial charge in [-0.2, -0.15) is 5.10 Å². The van der Waals surface area contributed by atoms with Crippen molar-refractivity contribution in [2.24, 2.45) is 5.73 Å². The number of nitrogens with two attached hydrogens (primary N) is 1. The van der Waals surface area contributed by atoms with Gasteiger partial charge in [-0.1, -0.05) is 0 Å². The highest BCUT2D eigenvalue weighted by Gasteiger charge is 2.40. The Bertz CT molecular complexity index is 379. The van der Waals surface area contributed by atoms with Crippen LogP contribution in [0.4, 0.5) is 0 Å². The van der Waals surface area contributed by atoms with Gasteiger partial charge in [0, 0.05) is 18.2 Å². The van der Waals surface area contributed by atoms with Crippen LogP contribution in [0.15, 0.2) is 17.1 Å². The Labute approximate surface area is 76.4 Å². The number of aromatic nitrogens is 2. The lowest BCUT2D eigenvalue weighted by atomic mass is 10.1. The second kappa shape index (κ2) is 2.67. The van der Waals surface area contributed by atoms with Crippen LogP contribution in [0, 0.1) is 0 Å². The molecule has 0 aromatic carbocycles. The summed E-state index contributed by atoms with van der Waals surface area (Å²) in [7, 11) is 0. The largest absolute Gasteiger partial charge is 0.321 e. The van der Waals surface area contributed by atoms with E-state index in [0.717, 1.165) is 18.4 Å². The van der Waals surface area contributed by atoms with Crippen LogP contribution >= 0.6 is 0 Å². The Morgan fingerprint density at radius 2 is 2.38 bits per heavy atom. The molecule has 70 valence electrons. The van der Waals surface area contributed by atoms with Crippen molar-refractivity contribution in [3.63, 3.8) is 0 Å². The molecule has 1 fully saturated rings. The third-order valence-corrected chi connectivity index (χ3v) is 2.53. The molecule has 4 heteroatoms. The molecule has 2 N–H and O–H groups in total. The van der Waals surface area contributed by atoms with E-state index in [1.165, 1.54) is 4.68 Å². The molecular formula is C9H13N3O. The molecule has 0 unspecified atom stereocenters. The van der Waals surface area contributed by atoms with Gasteiger partial charge in [-0.05, 0) is 25.3 Å². The first kappa shape index (κ1) is 8.44. The van der Waals surface area contributed by atoms with Crippen LogP contribution in [-0.2, 0) is 12.1 Å². The van der Waals surface area contributed by atoms with Crippen molar-refractivity contribution in [1.29, 1.82) is 0 Å². The lowest BCUT2D eigenvalue weighted by Gasteiger charge is -2.08. The third kappa shape index (κ3) is 1.37. The van der Waals surface area contributed by atoms with Gasteiger partial charge in [-0.3, -0.25) is 4.79 Å². The van der Waals surface area contributed by atoms with E-state index in [1.807, 2.05) is 6.92 Å². The molecule has 0 saturated heterocycles. The maximum atomic E-state index is 11.4. The Morgan fingerprint density at radius 1 is 1.69 bits per heavy atom. The van der Waals surface area contributed by atoms with Crippen LogP contribution in [0.2, 0.25) is 0 Å². The molecule has 1 aliphatic carbocycles. The molecule has 0 aliphatic heterocycles. The predicted octanol–water partition coefficient (Wildman–Crippen LogP) is 0.211. The normalized spacial score (nSPS) is 18.6. The highest BCUT2D eigenvalue weighted by Crippen LogP contribution is 2.41. The van der Waals surface area contributed by atoms with Gasteiger partial charge in [0.2, 0.25) is 0 Å². The summed E-state index contributed by atoms with van der Waals surface area (Å²) in [5, 5.41) is 4.03. The molecule has 0 radical (unpaired) electrons. The van der Waals surface area contributed by atoms with E-state index in [-0.39, 0.29) is 11.1 Å². The lowest BCUT2D eigenvalue weighted by Crippen LogP contribution is -2.27. The first-order valence-corrected chi connectivity index (χ1v) is 4.52. The molecule has 2 rings (SSSR count). The van der Waals surface area contributed by atoms with E-state index >= 15 is 0 Å². The first-order valence-electron chi connectivity index (χ1n) is 4.52. The zero-order valence-electron chi connectivity index (χ0n) is 7.66. The van der Waals surface area contributed by atoms with E-state index in [4.69, 9.17) is 5.73 Å². The minimum absolute atomic E-state index is 0.0586. The van der Waals surface area contributed by atoms with Crippen LogP contribution in [0.5, 0.6) is 0 Å². The van der Waals surface area contributed by atoms with Crippen molar-refractivity contribution in [1.82, 2.24) is 9.78 Å². The topological polar surface area (TPSA) is 60.9 Å². The van der Waals surface area contributed by atoms with E-state index in [1.54, 1.807) is 12.3 Å². The standard InChI is InChI=1S/C9H13N3O/c1-2-12-8(13)5-7(6-11-12)9(10)3-4-9/h5-6H,2-4,10H2,1H3. The maximum absolute atomic E-state index is 11.4. The summed E-state index contributed by atoms with van der Waals surface area (Å²) in [6.07, 6.45) is 3.63. The fraction of sp³-hybridized carbons (Fsp3) is 0.556. The van der Waals surface area contributed by atoms with Gasteiger partial charge in [0.05, 0.1) is 6.20 Å². The van der Waals surface area contributed by atoms with Gasteiger partial charge in [0.15, 0.2) is 0 Å². The zero-order chi connectivity index (χ0) is 9.47. The lowest BCUT2D eigenvalue weighted by molar-refractivity contribution is 0.599. The summed E-state index contributed by atoms with van der Waals surface area (Å²) in [5.41, 5.74) is 6.51. The molecular weight excluding hydrogens is 166 g/mol. The molecule has 13 heavy (non-hydrogen) atoms. The van der Waals surface area contributed by atoms with Gasteiger partial charge >= 0.3 is 0 Å². The van der Waals surface area contributed by atoms with E-state index in [9.17, 15) is 4.79 Å². The highest BCUT2D eigenvalue weighted by molar-refractivity contribution is 5.24. The molecule has 1 saturated carbocycles. The van der Waals surface area contributed by atoms with E-state index in [2.05, 4.69) is 5.10 Å². The number of aryl methyl sites for hydroxylation is 1. The van der Waals surface area contributed by atoms with Crippen LogP contribution in [-0.4, -0.2) is 9.78 Å². The van der Waals surface area contributed by atoms with Gasteiger partial charge < -0.3 is 5.73 Å². The molecule has 0 bridgehead atoms. The van der Waals surface area contributed by atoms with Crippen molar-refractivity contribution in [3.8, 4) is 0 Å². The van der Waals surface area contributed by atoms with Crippen LogP contribution in [0.3, 0.4) is 0 Å². The van der Waals surface area contributed by atoms with Crippen molar-refractivity contribution in [2.75, 3.05) is 0 Å². The number of nitrogens with zero attached hydrogens (tertiary/aromatic N) is 2. The van der Waals surface area contributed by atoms with Crippen molar-refractivity contribution in [3.05, 3.63) is 28.2 Å². The summed E-state index contributed by atoms with van der Waals surface area (Å²) in [5.74, 6) is 0. The second-order valence-corrected chi connectivity index (χ2v) is 3.55. The maximum Gasteiger partial charge on any atom is 0.267 e. The van der Waals surface area contributed by atoms with Crippen molar-refractivity contribution >= 4 is 0 Å². The van der Waals surface area contributed by atoms with Crippen molar-refractivity contribution in [2.45, 2.75) is 31.8 Å². The average molecular weight is 179 g/mol. The van der Waals surface area contributed by atoms with Crippen molar-refractivity contribution < 1.29 is 0 Å². The quantitative estimate of drug-likeness (QED) is 0.706. The Kier molecular flexibility index (Phi) is 1.73. The minimum Gasteiger partial charge on any atom is -0.321 e. The third-order valence-electron chi connectivity index (χ3n) is 2.53. The Morgan fingerprint density at radius 3 is 2.85 bits per heavy atom. The number of rotatable bonds is 2. The van der Waals surface area contributed by atoms with E-state index < -0.39 is 0 Å².